The van der Waals surface area contributed by atoms with E-state index in [1.165, 1.54) is 0 Å². The second kappa shape index (κ2) is 11.6. The van der Waals surface area contributed by atoms with Gasteiger partial charge >= 0.3 is 12.1 Å². The lowest BCUT2D eigenvalue weighted by molar-refractivity contribution is 0.105. The van der Waals surface area contributed by atoms with Gasteiger partial charge < -0.3 is 19.4 Å². The molecule has 1 fully saturated rings. The van der Waals surface area contributed by atoms with Gasteiger partial charge in [0, 0.05) is 51.1 Å². The number of amides is 3. The van der Waals surface area contributed by atoms with Gasteiger partial charge in [-0.25, -0.2) is 9.59 Å². The molecule has 0 N–H and O–H groups in total. The predicted octanol–water partition coefficient (Wildman–Crippen LogP) is 4.99. The van der Waals surface area contributed by atoms with Crippen LogP contribution in [0.4, 0.5) is 21.0 Å². The van der Waals surface area contributed by atoms with Crippen LogP contribution in [0.1, 0.15) is 38.8 Å². The molecular weight excluding hydrogens is 416 g/mol. The van der Waals surface area contributed by atoms with E-state index in [9.17, 15) is 9.59 Å². The van der Waals surface area contributed by atoms with Crippen molar-refractivity contribution in [1.29, 1.82) is 0 Å². The first kappa shape index (κ1) is 24.4. The van der Waals surface area contributed by atoms with Crippen LogP contribution >= 0.6 is 0 Å². The fraction of sp³-hybridized carbons (Fsp3) is 0.462. The maximum atomic E-state index is 13.4. The number of hydrogen-bond acceptors (Lipinski definition) is 4. The number of hydrogen-bond donors (Lipinski definition) is 0. The molecule has 3 amide bonds. The Hall–Kier alpha value is -3.22. The van der Waals surface area contributed by atoms with Crippen LogP contribution in [0.15, 0.2) is 54.6 Å². The van der Waals surface area contributed by atoms with E-state index in [4.69, 9.17) is 4.74 Å². The minimum atomic E-state index is -0.241. The van der Waals surface area contributed by atoms with Crippen LogP contribution < -0.4 is 9.80 Å². The summed E-state index contributed by atoms with van der Waals surface area (Å²) >= 11 is 0. The molecule has 3 rings (SSSR count). The smallest absolute Gasteiger partial charge is 0.409 e. The van der Waals surface area contributed by atoms with Gasteiger partial charge in [0.2, 0.25) is 0 Å². The van der Waals surface area contributed by atoms with Gasteiger partial charge in [0.15, 0.2) is 0 Å². The summed E-state index contributed by atoms with van der Waals surface area (Å²) in [7, 11) is 1.86. The van der Waals surface area contributed by atoms with Crippen LogP contribution in [0.3, 0.4) is 0 Å². The van der Waals surface area contributed by atoms with E-state index in [1.807, 2.05) is 49.2 Å². The molecule has 0 saturated carbocycles. The zero-order valence-corrected chi connectivity index (χ0v) is 20.2. The fourth-order valence-electron chi connectivity index (χ4n) is 4.08. The number of piperazine rings is 1. The number of ether oxygens (including phenoxy) is 1. The second-order valence-corrected chi connectivity index (χ2v) is 8.32. The van der Waals surface area contributed by atoms with Crippen LogP contribution in [0, 0.1) is 0 Å². The number of urea groups is 1. The van der Waals surface area contributed by atoms with E-state index in [0.717, 1.165) is 36.4 Å². The van der Waals surface area contributed by atoms with Crippen molar-refractivity contribution in [2.24, 2.45) is 0 Å². The Kier molecular flexibility index (Phi) is 8.58. The Labute approximate surface area is 197 Å². The zero-order chi connectivity index (χ0) is 23.8. The molecule has 33 heavy (non-hydrogen) atoms. The van der Waals surface area contributed by atoms with E-state index >= 15 is 0 Å². The number of carbonyl (C=O) groups excluding carboxylic acids is 2. The summed E-state index contributed by atoms with van der Waals surface area (Å²) in [6.07, 6.45) is 0.631. The zero-order valence-electron chi connectivity index (χ0n) is 20.2. The van der Waals surface area contributed by atoms with Crippen molar-refractivity contribution in [2.75, 3.05) is 56.2 Å². The molecule has 7 heteroatoms. The third kappa shape index (κ3) is 5.97. The van der Waals surface area contributed by atoms with Gasteiger partial charge in [-0.2, -0.15) is 0 Å². The Morgan fingerprint density at radius 2 is 1.61 bits per heavy atom. The van der Waals surface area contributed by atoms with Gasteiger partial charge in [0.1, 0.15) is 0 Å². The van der Waals surface area contributed by atoms with Crippen molar-refractivity contribution in [3.8, 4) is 0 Å². The first-order valence-electron chi connectivity index (χ1n) is 11.8. The lowest BCUT2D eigenvalue weighted by atomic mass is 10.1. The standard InChI is InChI=1S/C26H36N4O3/c1-5-16-30(25(31)27(4)21(3)22-10-8-7-9-11-22)24-14-12-23(13-15-24)28-17-19-29(20-18-28)26(32)33-6-2/h7-15,21H,5-6,16-20H2,1-4H3. The highest BCUT2D eigenvalue weighted by Gasteiger charge is 2.25. The topological polar surface area (TPSA) is 56.3 Å². The quantitative estimate of drug-likeness (QED) is 0.594. The molecule has 2 aromatic rings. The average Bonchev–Trinajstić information content (AvgIpc) is 2.87. The number of anilines is 2. The normalized spacial score (nSPS) is 14.5. The molecule has 1 heterocycles. The van der Waals surface area contributed by atoms with Gasteiger partial charge in [-0.05, 0) is 50.1 Å². The van der Waals surface area contributed by atoms with E-state index in [-0.39, 0.29) is 18.2 Å². The van der Waals surface area contributed by atoms with Crippen molar-refractivity contribution in [3.05, 3.63) is 60.2 Å². The highest BCUT2D eigenvalue weighted by molar-refractivity contribution is 5.92. The van der Waals surface area contributed by atoms with Crippen molar-refractivity contribution in [2.45, 2.75) is 33.2 Å². The molecule has 0 aliphatic carbocycles. The number of carbonyl (C=O) groups is 2. The maximum absolute atomic E-state index is 13.4. The Bertz CT molecular complexity index is 896. The molecule has 1 aliphatic rings. The molecule has 0 bridgehead atoms. The molecule has 1 aliphatic heterocycles. The molecule has 7 nitrogen and oxygen atoms in total. The van der Waals surface area contributed by atoms with Crippen LogP contribution in [0.25, 0.3) is 0 Å². The van der Waals surface area contributed by atoms with Crippen LogP contribution in [-0.4, -0.2) is 68.3 Å². The summed E-state index contributed by atoms with van der Waals surface area (Å²) in [5.74, 6) is 0. The van der Waals surface area contributed by atoms with Crippen LogP contribution in [0.5, 0.6) is 0 Å². The van der Waals surface area contributed by atoms with Gasteiger partial charge in [-0.15, -0.1) is 0 Å². The molecule has 2 aromatic carbocycles. The molecule has 1 unspecified atom stereocenters. The highest BCUT2D eigenvalue weighted by atomic mass is 16.6. The SMILES string of the molecule is CCCN(C(=O)N(C)C(C)c1ccccc1)c1ccc(N2CCN(C(=O)OCC)CC2)cc1. The average molecular weight is 453 g/mol. The second-order valence-electron chi connectivity index (χ2n) is 8.32. The summed E-state index contributed by atoms with van der Waals surface area (Å²) in [4.78, 5) is 33.0. The number of benzene rings is 2. The minimum absolute atomic E-state index is 0.0102. The Morgan fingerprint density at radius 3 is 2.18 bits per heavy atom. The van der Waals surface area contributed by atoms with Gasteiger partial charge in [0.05, 0.1) is 12.6 Å². The van der Waals surface area contributed by atoms with Gasteiger partial charge in [-0.3, -0.25) is 4.90 Å². The summed E-state index contributed by atoms with van der Waals surface area (Å²) in [5.41, 5.74) is 3.10. The molecule has 0 aromatic heterocycles. The Balaban J connectivity index is 1.67. The molecule has 1 saturated heterocycles. The third-order valence-corrected chi connectivity index (χ3v) is 6.17. The summed E-state index contributed by atoms with van der Waals surface area (Å²) in [6, 6.07) is 18.2. The van der Waals surface area contributed by atoms with Gasteiger partial charge in [-0.1, -0.05) is 37.3 Å². The lowest BCUT2D eigenvalue weighted by Crippen LogP contribution is -2.49. The van der Waals surface area contributed by atoms with E-state index in [1.54, 1.807) is 9.80 Å². The van der Waals surface area contributed by atoms with Crippen molar-refractivity contribution < 1.29 is 14.3 Å². The van der Waals surface area contributed by atoms with E-state index < -0.39 is 0 Å². The van der Waals surface area contributed by atoms with Crippen LogP contribution in [0.2, 0.25) is 0 Å². The predicted molar refractivity (Wildman–Crippen MR) is 133 cm³/mol. The maximum Gasteiger partial charge on any atom is 0.409 e. The molecule has 0 radical (unpaired) electrons. The lowest BCUT2D eigenvalue weighted by Gasteiger charge is -2.36. The molecule has 178 valence electrons. The Morgan fingerprint density at radius 1 is 0.970 bits per heavy atom. The first-order valence-corrected chi connectivity index (χ1v) is 11.8. The van der Waals surface area contributed by atoms with E-state index in [2.05, 4.69) is 43.0 Å². The molecule has 1 atom stereocenters. The summed E-state index contributed by atoms with van der Waals surface area (Å²) in [5, 5.41) is 0. The molecular formula is C26H36N4O3. The number of nitrogens with zero attached hydrogens (tertiary/aromatic N) is 4. The van der Waals surface area contributed by atoms with Gasteiger partial charge in [0.25, 0.3) is 0 Å². The molecule has 0 spiro atoms. The van der Waals surface area contributed by atoms with Crippen LogP contribution in [-0.2, 0) is 4.74 Å². The minimum Gasteiger partial charge on any atom is -0.450 e. The number of rotatable bonds is 7. The van der Waals surface area contributed by atoms with E-state index in [0.29, 0.717) is 26.2 Å². The van der Waals surface area contributed by atoms with Crippen molar-refractivity contribution in [3.63, 3.8) is 0 Å². The summed E-state index contributed by atoms with van der Waals surface area (Å²) < 4.78 is 5.10. The summed E-state index contributed by atoms with van der Waals surface area (Å²) in [6.45, 7) is 9.80. The first-order chi connectivity index (χ1) is 16.0. The van der Waals surface area contributed by atoms with Crippen molar-refractivity contribution >= 4 is 23.5 Å². The fourth-order valence-corrected chi connectivity index (χ4v) is 4.08. The largest absolute Gasteiger partial charge is 0.450 e. The monoisotopic (exact) mass is 452 g/mol. The third-order valence-electron chi connectivity index (χ3n) is 6.17. The van der Waals surface area contributed by atoms with Crippen molar-refractivity contribution in [1.82, 2.24) is 9.80 Å². The highest BCUT2D eigenvalue weighted by Crippen LogP contribution is 2.26.